The average Bonchev–Trinajstić information content (AvgIpc) is 3.00. The van der Waals surface area contributed by atoms with Crippen molar-refractivity contribution in [3.63, 3.8) is 0 Å². The van der Waals surface area contributed by atoms with E-state index in [1.807, 2.05) is 52.3 Å². The molecule has 2 heterocycles. The van der Waals surface area contributed by atoms with Crippen LogP contribution in [0.1, 0.15) is 42.9 Å². The summed E-state index contributed by atoms with van der Waals surface area (Å²) in [5, 5.41) is 5.01. The van der Waals surface area contributed by atoms with E-state index >= 15 is 0 Å². The standard InChI is InChI=1S/C16H24BNO4S/c1-15(2)16(3,4)22-17(21-15)12(10-18-5)9-11-7-8-23-13(11)14(19)20-6/h7-9,18H,10H2,1-6H3. The zero-order valence-electron chi connectivity index (χ0n) is 14.6. The number of esters is 1. The number of nitrogens with one attached hydrogen (secondary N) is 1. The quantitative estimate of drug-likeness (QED) is 0.661. The van der Waals surface area contributed by atoms with Crippen LogP contribution in [0.2, 0.25) is 0 Å². The summed E-state index contributed by atoms with van der Waals surface area (Å²) in [7, 11) is 2.81. The second kappa shape index (κ2) is 6.77. The van der Waals surface area contributed by atoms with Gasteiger partial charge in [-0.05, 0) is 57.2 Å². The lowest BCUT2D eigenvalue weighted by molar-refractivity contribution is 0.00578. The molecule has 0 radical (unpaired) electrons. The lowest BCUT2D eigenvalue weighted by Crippen LogP contribution is -2.41. The van der Waals surface area contributed by atoms with E-state index < -0.39 is 18.3 Å². The first-order chi connectivity index (χ1) is 10.7. The summed E-state index contributed by atoms with van der Waals surface area (Å²) in [5.41, 5.74) is 0.964. The molecule has 7 heteroatoms. The van der Waals surface area contributed by atoms with E-state index in [-0.39, 0.29) is 5.97 Å². The van der Waals surface area contributed by atoms with Crippen molar-refractivity contribution < 1.29 is 18.8 Å². The van der Waals surface area contributed by atoms with Gasteiger partial charge < -0.3 is 19.4 Å². The van der Waals surface area contributed by atoms with Gasteiger partial charge in [0.25, 0.3) is 0 Å². The van der Waals surface area contributed by atoms with Crippen molar-refractivity contribution in [1.29, 1.82) is 0 Å². The minimum absolute atomic E-state index is 0.330. The number of methoxy groups -OCH3 is 1. The second-order valence-electron chi connectivity index (χ2n) is 6.53. The molecular formula is C16H24BNO4S. The Bertz CT molecular complexity index is 593. The number of ether oxygens (including phenoxy) is 1. The highest BCUT2D eigenvalue weighted by Crippen LogP contribution is 2.39. The van der Waals surface area contributed by atoms with Crippen molar-refractivity contribution in [2.45, 2.75) is 38.9 Å². The SMILES string of the molecule is CNCC(=Cc1ccsc1C(=O)OC)B1OC(C)(C)C(C)(C)O1. The van der Waals surface area contributed by atoms with Gasteiger partial charge in [0.1, 0.15) is 4.88 Å². The molecule has 1 aliphatic heterocycles. The topological polar surface area (TPSA) is 56.8 Å². The minimum Gasteiger partial charge on any atom is -0.465 e. The molecule has 1 aliphatic rings. The molecule has 1 aromatic rings. The number of hydrogen-bond acceptors (Lipinski definition) is 6. The Kier molecular flexibility index (Phi) is 5.35. The lowest BCUT2D eigenvalue weighted by atomic mass is 9.77. The third-order valence-corrected chi connectivity index (χ3v) is 5.25. The van der Waals surface area contributed by atoms with Gasteiger partial charge in [0.05, 0.1) is 18.3 Å². The highest BCUT2D eigenvalue weighted by Gasteiger charge is 2.52. The Hall–Kier alpha value is -1.15. The molecule has 0 spiro atoms. The number of hydrogen-bond donors (Lipinski definition) is 1. The molecule has 0 saturated carbocycles. The van der Waals surface area contributed by atoms with Crippen LogP contribution in [0.4, 0.5) is 0 Å². The predicted molar refractivity (Wildman–Crippen MR) is 93.6 cm³/mol. The van der Waals surface area contributed by atoms with Crippen molar-refractivity contribution in [1.82, 2.24) is 5.32 Å². The van der Waals surface area contributed by atoms with E-state index in [1.165, 1.54) is 18.4 Å². The molecule has 5 nitrogen and oxygen atoms in total. The van der Waals surface area contributed by atoms with E-state index in [0.717, 1.165) is 11.0 Å². The Balaban J connectivity index is 2.33. The molecule has 0 bridgehead atoms. The van der Waals surface area contributed by atoms with Crippen LogP contribution in [0.5, 0.6) is 0 Å². The number of carbonyl (C=O) groups is 1. The molecule has 2 rings (SSSR count). The van der Waals surface area contributed by atoms with Gasteiger partial charge in [-0.1, -0.05) is 6.08 Å². The smallest absolute Gasteiger partial charge is 0.465 e. The summed E-state index contributed by atoms with van der Waals surface area (Å²) < 4.78 is 17.1. The first-order valence-corrected chi connectivity index (χ1v) is 8.46. The molecule has 0 amide bonds. The molecular weight excluding hydrogens is 313 g/mol. The van der Waals surface area contributed by atoms with Crippen LogP contribution >= 0.6 is 11.3 Å². The maximum atomic E-state index is 11.8. The third kappa shape index (κ3) is 3.69. The van der Waals surface area contributed by atoms with Crippen molar-refractivity contribution >= 4 is 30.5 Å². The van der Waals surface area contributed by atoms with E-state index in [0.29, 0.717) is 11.4 Å². The first kappa shape index (κ1) is 18.2. The molecule has 1 aromatic heterocycles. The van der Waals surface area contributed by atoms with E-state index in [2.05, 4.69) is 5.32 Å². The fraction of sp³-hybridized carbons (Fsp3) is 0.562. The summed E-state index contributed by atoms with van der Waals surface area (Å²) >= 11 is 1.36. The Morgan fingerprint density at radius 1 is 1.35 bits per heavy atom. The van der Waals surface area contributed by atoms with Crippen molar-refractivity contribution in [2.75, 3.05) is 20.7 Å². The van der Waals surface area contributed by atoms with Crippen LogP contribution < -0.4 is 5.32 Å². The van der Waals surface area contributed by atoms with Gasteiger partial charge in [0, 0.05) is 6.54 Å². The summed E-state index contributed by atoms with van der Waals surface area (Å²) in [6.45, 7) is 8.69. The van der Waals surface area contributed by atoms with Gasteiger partial charge in [-0.25, -0.2) is 4.79 Å². The maximum Gasteiger partial charge on any atom is 0.491 e. The van der Waals surface area contributed by atoms with Crippen LogP contribution in [0.25, 0.3) is 6.08 Å². The van der Waals surface area contributed by atoms with E-state index in [9.17, 15) is 4.79 Å². The minimum atomic E-state index is -0.446. The number of thiophene rings is 1. The summed E-state index contributed by atoms with van der Waals surface area (Å²) in [4.78, 5) is 12.4. The second-order valence-corrected chi connectivity index (χ2v) is 7.45. The van der Waals surface area contributed by atoms with Crippen molar-refractivity contribution in [2.24, 2.45) is 0 Å². The number of carbonyl (C=O) groups excluding carboxylic acids is 1. The van der Waals surface area contributed by atoms with Gasteiger partial charge in [0.15, 0.2) is 0 Å². The summed E-state index contributed by atoms with van der Waals surface area (Å²) in [6.07, 6.45) is 1.95. The fourth-order valence-electron chi connectivity index (χ4n) is 2.29. The normalized spacial score (nSPS) is 19.9. The van der Waals surface area contributed by atoms with Gasteiger partial charge in [-0.15, -0.1) is 11.3 Å². The number of rotatable bonds is 5. The average molecular weight is 337 g/mol. The van der Waals surface area contributed by atoms with Crippen LogP contribution in [0.3, 0.4) is 0 Å². The summed E-state index contributed by atoms with van der Waals surface area (Å²) in [5.74, 6) is -0.330. The predicted octanol–water partition coefficient (Wildman–Crippen LogP) is 2.77. The summed E-state index contributed by atoms with van der Waals surface area (Å²) in [6, 6.07) is 1.90. The molecule has 0 unspecified atom stereocenters. The Labute approximate surface area is 142 Å². The van der Waals surface area contributed by atoms with Crippen molar-refractivity contribution in [3.05, 3.63) is 27.4 Å². The molecule has 1 fully saturated rings. The van der Waals surface area contributed by atoms with E-state index in [4.69, 9.17) is 14.0 Å². The first-order valence-electron chi connectivity index (χ1n) is 7.58. The van der Waals surface area contributed by atoms with Gasteiger partial charge in [-0.3, -0.25) is 0 Å². The molecule has 126 valence electrons. The van der Waals surface area contributed by atoms with E-state index in [1.54, 1.807) is 0 Å². The van der Waals surface area contributed by atoms with Crippen molar-refractivity contribution in [3.8, 4) is 0 Å². The van der Waals surface area contributed by atoms with Crippen LogP contribution in [0, 0.1) is 0 Å². The van der Waals surface area contributed by atoms with Gasteiger partial charge in [0.2, 0.25) is 0 Å². The number of likely N-dealkylation sites (N-methyl/N-ethyl adjacent to an activating group) is 1. The van der Waals surface area contributed by atoms with Crippen LogP contribution in [-0.2, 0) is 14.0 Å². The highest BCUT2D eigenvalue weighted by molar-refractivity contribution is 7.12. The fourth-order valence-corrected chi connectivity index (χ4v) is 3.09. The highest BCUT2D eigenvalue weighted by atomic mass is 32.1. The molecule has 0 aromatic carbocycles. The molecule has 1 saturated heterocycles. The Morgan fingerprint density at radius 3 is 2.48 bits per heavy atom. The van der Waals surface area contributed by atoms with Gasteiger partial charge >= 0.3 is 13.1 Å². The lowest BCUT2D eigenvalue weighted by Gasteiger charge is -2.32. The van der Waals surface area contributed by atoms with Crippen LogP contribution in [-0.4, -0.2) is 45.0 Å². The third-order valence-electron chi connectivity index (χ3n) is 4.34. The Morgan fingerprint density at radius 2 is 1.96 bits per heavy atom. The molecule has 0 atom stereocenters. The zero-order valence-corrected chi connectivity index (χ0v) is 15.4. The largest absolute Gasteiger partial charge is 0.491 e. The molecule has 1 N–H and O–H groups in total. The van der Waals surface area contributed by atoms with Gasteiger partial charge in [-0.2, -0.15) is 0 Å². The molecule has 0 aliphatic carbocycles. The zero-order chi connectivity index (χ0) is 17.3. The van der Waals surface area contributed by atoms with Crippen LogP contribution in [0.15, 0.2) is 16.9 Å². The monoisotopic (exact) mass is 337 g/mol. The maximum absolute atomic E-state index is 11.8. The molecule has 23 heavy (non-hydrogen) atoms.